The zero-order valence-electron chi connectivity index (χ0n) is 12.2. The minimum atomic E-state index is -1.23. The topological polar surface area (TPSA) is 46.5 Å². The van der Waals surface area contributed by atoms with Gasteiger partial charge >= 0.3 is 5.97 Å². The van der Waals surface area contributed by atoms with Gasteiger partial charge in [0.05, 0.1) is 0 Å². The maximum absolute atomic E-state index is 10.6. The number of hydrogen-bond donors (Lipinski definition) is 1. The molecule has 0 unspecified atom stereocenters. The summed E-state index contributed by atoms with van der Waals surface area (Å²) in [5.41, 5.74) is 2.05. The van der Waals surface area contributed by atoms with Crippen LogP contribution in [0.1, 0.15) is 31.9 Å². The first kappa shape index (κ1) is 15.5. The van der Waals surface area contributed by atoms with Crippen molar-refractivity contribution in [3.8, 4) is 5.75 Å². The third kappa shape index (κ3) is 4.91. The normalized spacial score (nSPS) is 12.1. The van der Waals surface area contributed by atoms with Crippen LogP contribution in [-0.4, -0.2) is 20.1 Å². The third-order valence-electron chi connectivity index (χ3n) is 2.65. The van der Waals surface area contributed by atoms with E-state index in [0.29, 0.717) is 0 Å². The van der Waals surface area contributed by atoms with Crippen molar-refractivity contribution in [1.82, 2.24) is 0 Å². The molecule has 104 valence electrons. The summed E-state index contributed by atoms with van der Waals surface area (Å²) in [6.45, 7) is 10.6. The molecule has 0 atom stereocenters. The van der Waals surface area contributed by atoms with E-state index in [-0.39, 0.29) is 5.41 Å². The average molecular weight is 278 g/mol. The van der Waals surface area contributed by atoms with Gasteiger partial charge in [0, 0.05) is 11.6 Å². The Bertz CT molecular complexity index is 485. The fourth-order valence-electron chi connectivity index (χ4n) is 1.66. The highest BCUT2D eigenvalue weighted by Gasteiger charge is 2.16. The van der Waals surface area contributed by atoms with Crippen molar-refractivity contribution in [3.63, 3.8) is 0 Å². The van der Waals surface area contributed by atoms with Gasteiger partial charge in [0.1, 0.15) is 5.75 Å². The number of carboxylic acid groups (broad SMARTS) is 1. The molecule has 1 aromatic carbocycles. The van der Waals surface area contributed by atoms with Gasteiger partial charge in [0.2, 0.25) is 9.04 Å². The lowest BCUT2D eigenvalue weighted by molar-refractivity contribution is -0.131. The fourth-order valence-corrected chi connectivity index (χ4v) is 2.37. The van der Waals surface area contributed by atoms with Gasteiger partial charge in [-0.05, 0) is 36.2 Å². The molecule has 0 aromatic heterocycles. The summed E-state index contributed by atoms with van der Waals surface area (Å²) in [6, 6.07) is 5.97. The summed E-state index contributed by atoms with van der Waals surface area (Å²) in [6.07, 6.45) is 2.72. The molecule has 0 aliphatic heterocycles. The lowest BCUT2D eigenvalue weighted by Gasteiger charge is -2.22. The number of rotatable bonds is 4. The van der Waals surface area contributed by atoms with Crippen LogP contribution in [0, 0.1) is 0 Å². The van der Waals surface area contributed by atoms with E-state index in [1.165, 1.54) is 5.56 Å². The predicted octanol–water partition coefficient (Wildman–Crippen LogP) is 3.44. The van der Waals surface area contributed by atoms with E-state index in [4.69, 9.17) is 9.53 Å². The van der Waals surface area contributed by atoms with Gasteiger partial charge in [-0.15, -0.1) is 0 Å². The molecule has 0 heterocycles. The Labute approximate surface area is 116 Å². The van der Waals surface area contributed by atoms with Gasteiger partial charge in [0.25, 0.3) is 0 Å². The quantitative estimate of drug-likeness (QED) is 0.678. The lowest BCUT2D eigenvalue weighted by atomic mass is 9.86. The van der Waals surface area contributed by atoms with Crippen molar-refractivity contribution in [2.24, 2.45) is 0 Å². The van der Waals surface area contributed by atoms with Crippen molar-refractivity contribution >= 4 is 21.1 Å². The monoisotopic (exact) mass is 278 g/mol. The first-order valence-electron chi connectivity index (χ1n) is 6.42. The number of benzene rings is 1. The fraction of sp³-hybridized carbons (Fsp3) is 0.400. The minimum absolute atomic E-state index is 0.0473. The van der Waals surface area contributed by atoms with Crippen LogP contribution in [0.3, 0.4) is 0 Å². The molecule has 4 heteroatoms. The predicted molar refractivity (Wildman–Crippen MR) is 81.3 cm³/mol. The second-order valence-electron chi connectivity index (χ2n) is 5.84. The van der Waals surface area contributed by atoms with E-state index < -0.39 is 15.0 Å². The molecule has 1 aromatic rings. The van der Waals surface area contributed by atoms with E-state index in [2.05, 4.69) is 33.9 Å². The second kappa shape index (κ2) is 6.06. The SMILES string of the molecule is C[SiH](C)Oc1cc(C(C)(C)C)ccc1/C=C/C(=O)O. The van der Waals surface area contributed by atoms with Crippen LogP contribution in [-0.2, 0) is 10.2 Å². The summed E-state index contributed by atoms with van der Waals surface area (Å²) in [5.74, 6) is -0.167. The Morgan fingerprint density at radius 2 is 1.95 bits per heavy atom. The summed E-state index contributed by atoms with van der Waals surface area (Å²) < 4.78 is 5.91. The highest BCUT2D eigenvalue weighted by atomic mass is 28.3. The van der Waals surface area contributed by atoms with Crippen molar-refractivity contribution in [2.75, 3.05) is 0 Å². The van der Waals surface area contributed by atoms with Crippen LogP contribution in [0.15, 0.2) is 24.3 Å². The summed E-state index contributed by atoms with van der Waals surface area (Å²) in [4.78, 5) is 10.6. The third-order valence-corrected chi connectivity index (χ3v) is 3.37. The maximum atomic E-state index is 10.6. The molecule has 0 amide bonds. The summed E-state index contributed by atoms with van der Waals surface area (Å²) >= 11 is 0. The van der Waals surface area contributed by atoms with Gasteiger partial charge in [-0.25, -0.2) is 4.79 Å². The van der Waals surface area contributed by atoms with E-state index in [1.54, 1.807) is 6.08 Å². The molecule has 0 aliphatic rings. The molecule has 0 spiro atoms. The van der Waals surface area contributed by atoms with Gasteiger partial charge in [-0.2, -0.15) is 0 Å². The maximum Gasteiger partial charge on any atom is 0.328 e. The number of aliphatic carboxylic acids is 1. The molecule has 0 saturated carbocycles. The standard InChI is InChI=1S/C15H22O3Si/c1-15(2,3)12-8-6-11(7-9-14(16)17)13(10-12)18-19(4)5/h6-10,19H,1-5H3,(H,16,17)/b9-7+. The smallest absolute Gasteiger partial charge is 0.328 e. The van der Waals surface area contributed by atoms with Crippen LogP contribution < -0.4 is 4.43 Å². The van der Waals surface area contributed by atoms with Crippen LogP contribution in [0.25, 0.3) is 6.08 Å². The second-order valence-corrected chi connectivity index (χ2v) is 8.17. The first-order chi connectivity index (χ1) is 8.70. The Balaban J connectivity index is 3.20. The average Bonchev–Trinajstić information content (AvgIpc) is 2.25. The van der Waals surface area contributed by atoms with Gasteiger partial charge in [0.15, 0.2) is 0 Å². The Morgan fingerprint density at radius 1 is 1.32 bits per heavy atom. The highest BCUT2D eigenvalue weighted by molar-refractivity contribution is 6.49. The number of carbonyl (C=O) groups is 1. The molecule has 0 saturated heterocycles. The number of hydrogen-bond acceptors (Lipinski definition) is 2. The van der Waals surface area contributed by atoms with E-state index in [9.17, 15) is 4.79 Å². The zero-order chi connectivity index (χ0) is 14.6. The Kier molecular flexibility index (Phi) is 4.95. The number of carboxylic acids is 1. The molecule has 0 bridgehead atoms. The van der Waals surface area contributed by atoms with Gasteiger partial charge < -0.3 is 9.53 Å². The van der Waals surface area contributed by atoms with Crippen molar-refractivity contribution < 1.29 is 14.3 Å². The van der Waals surface area contributed by atoms with Crippen LogP contribution in [0.5, 0.6) is 5.75 Å². The largest absolute Gasteiger partial charge is 0.547 e. The summed E-state index contributed by atoms with van der Waals surface area (Å²) in [5, 5.41) is 8.71. The molecule has 0 aliphatic carbocycles. The van der Waals surface area contributed by atoms with Gasteiger partial charge in [-0.1, -0.05) is 32.9 Å². The molecule has 1 N–H and O–H groups in total. The van der Waals surface area contributed by atoms with Gasteiger partial charge in [-0.3, -0.25) is 0 Å². The molecular weight excluding hydrogens is 256 g/mol. The molecule has 0 radical (unpaired) electrons. The Morgan fingerprint density at radius 3 is 2.42 bits per heavy atom. The lowest BCUT2D eigenvalue weighted by Crippen LogP contribution is -2.15. The molecule has 19 heavy (non-hydrogen) atoms. The van der Waals surface area contributed by atoms with Crippen molar-refractivity contribution in [2.45, 2.75) is 39.3 Å². The zero-order valence-corrected chi connectivity index (χ0v) is 13.4. The van der Waals surface area contributed by atoms with Crippen LogP contribution in [0.2, 0.25) is 13.1 Å². The molecular formula is C15H22O3Si. The molecule has 0 fully saturated rings. The van der Waals surface area contributed by atoms with E-state index >= 15 is 0 Å². The van der Waals surface area contributed by atoms with Crippen LogP contribution >= 0.6 is 0 Å². The Hall–Kier alpha value is -1.55. The molecule has 3 nitrogen and oxygen atoms in total. The van der Waals surface area contributed by atoms with Crippen molar-refractivity contribution in [1.29, 1.82) is 0 Å². The van der Waals surface area contributed by atoms with E-state index in [0.717, 1.165) is 17.4 Å². The summed E-state index contributed by atoms with van der Waals surface area (Å²) in [7, 11) is -1.23. The highest BCUT2D eigenvalue weighted by Crippen LogP contribution is 2.29. The van der Waals surface area contributed by atoms with Crippen molar-refractivity contribution in [3.05, 3.63) is 35.4 Å². The minimum Gasteiger partial charge on any atom is -0.547 e. The van der Waals surface area contributed by atoms with Crippen LogP contribution in [0.4, 0.5) is 0 Å². The first-order valence-corrected chi connectivity index (χ1v) is 9.20. The molecule has 1 rings (SSSR count). The van der Waals surface area contributed by atoms with E-state index in [1.807, 2.05) is 18.2 Å².